The summed E-state index contributed by atoms with van der Waals surface area (Å²) in [5.74, 6) is 1.78. The topological polar surface area (TPSA) is 61.7 Å². The quantitative estimate of drug-likeness (QED) is 0.487. The van der Waals surface area contributed by atoms with Crippen LogP contribution in [0.25, 0.3) is 0 Å². The molecule has 1 atom stereocenters. The lowest BCUT2D eigenvalue weighted by atomic mass is 10.0. The van der Waals surface area contributed by atoms with Gasteiger partial charge in [-0.1, -0.05) is 35.9 Å². The van der Waals surface area contributed by atoms with Gasteiger partial charge in [-0.25, -0.2) is 9.97 Å². The van der Waals surface area contributed by atoms with Gasteiger partial charge >= 0.3 is 0 Å². The highest BCUT2D eigenvalue weighted by atomic mass is 35.5. The Hall–Kier alpha value is -1.99. The summed E-state index contributed by atoms with van der Waals surface area (Å²) in [6.07, 6.45) is 1.91. The van der Waals surface area contributed by atoms with Gasteiger partial charge in [0.2, 0.25) is 0 Å². The van der Waals surface area contributed by atoms with E-state index in [1.807, 2.05) is 32.0 Å². The molecule has 1 saturated heterocycles. The average molecular weight is 431 g/mol. The van der Waals surface area contributed by atoms with Gasteiger partial charge in [0.1, 0.15) is 11.6 Å². The molecule has 1 aliphatic rings. The van der Waals surface area contributed by atoms with E-state index in [2.05, 4.69) is 27.4 Å². The molecule has 1 aliphatic heterocycles. The van der Waals surface area contributed by atoms with Crippen LogP contribution in [0.15, 0.2) is 36.9 Å². The van der Waals surface area contributed by atoms with Gasteiger partial charge in [0, 0.05) is 55.4 Å². The Bertz CT molecular complexity index is 853. The smallest absolute Gasteiger partial charge is 0.136 e. The lowest BCUT2D eigenvalue weighted by Crippen LogP contribution is -2.49. The van der Waals surface area contributed by atoms with Gasteiger partial charge < -0.3 is 14.7 Å². The second-order valence-electron chi connectivity index (χ2n) is 7.69. The molecule has 7 heteroatoms. The van der Waals surface area contributed by atoms with Crippen LogP contribution in [0.3, 0.4) is 0 Å². The molecule has 1 aromatic carbocycles. The third kappa shape index (κ3) is 6.01. The number of aliphatic hydroxyl groups excluding tert-OH is 1. The van der Waals surface area contributed by atoms with Crippen molar-refractivity contribution in [2.24, 2.45) is 0 Å². The second-order valence-corrected chi connectivity index (χ2v) is 8.10. The molecule has 162 valence electrons. The van der Waals surface area contributed by atoms with E-state index in [1.165, 1.54) is 0 Å². The summed E-state index contributed by atoms with van der Waals surface area (Å²) in [5, 5.41) is 10.9. The number of β-amino-alcohol motifs (C(OH)–C–C–N with tert-alkyl or cyclic N) is 1. The summed E-state index contributed by atoms with van der Waals surface area (Å²) in [7, 11) is 0. The van der Waals surface area contributed by atoms with Crippen molar-refractivity contribution >= 4 is 17.4 Å². The van der Waals surface area contributed by atoms with E-state index in [9.17, 15) is 5.11 Å². The summed E-state index contributed by atoms with van der Waals surface area (Å²) >= 11 is 6.41. The highest BCUT2D eigenvalue weighted by Gasteiger charge is 2.23. The van der Waals surface area contributed by atoms with E-state index in [-0.39, 0.29) is 0 Å². The Morgan fingerprint density at radius 2 is 1.93 bits per heavy atom. The fourth-order valence-corrected chi connectivity index (χ4v) is 4.00. The Morgan fingerprint density at radius 3 is 2.63 bits per heavy atom. The van der Waals surface area contributed by atoms with Gasteiger partial charge in [-0.05, 0) is 25.5 Å². The van der Waals surface area contributed by atoms with E-state index < -0.39 is 6.10 Å². The number of ether oxygens (including phenoxy) is 1. The molecular formula is C23H31ClN4O2. The minimum Gasteiger partial charge on any atom is -0.389 e. The highest BCUT2D eigenvalue weighted by molar-refractivity contribution is 6.31. The van der Waals surface area contributed by atoms with Crippen LogP contribution in [0.1, 0.15) is 22.6 Å². The van der Waals surface area contributed by atoms with Crippen LogP contribution >= 0.6 is 11.6 Å². The minimum absolute atomic E-state index is 0.332. The number of hydrogen-bond acceptors (Lipinski definition) is 6. The highest BCUT2D eigenvalue weighted by Crippen LogP contribution is 2.27. The van der Waals surface area contributed by atoms with Crippen molar-refractivity contribution in [2.75, 3.05) is 50.8 Å². The van der Waals surface area contributed by atoms with E-state index in [0.29, 0.717) is 26.2 Å². The fraction of sp³-hybridized carbons (Fsp3) is 0.478. The van der Waals surface area contributed by atoms with Gasteiger partial charge in [-0.15, -0.1) is 6.58 Å². The van der Waals surface area contributed by atoms with Crippen LogP contribution in [-0.2, 0) is 11.2 Å². The third-order valence-corrected chi connectivity index (χ3v) is 5.68. The number of nitrogens with zero attached hydrogens (tertiary/aromatic N) is 4. The van der Waals surface area contributed by atoms with Crippen molar-refractivity contribution in [3.63, 3.8) is 0 Å². The van der Waals surface area contributed by atoms with Crippen LogP contribution in [-0.4, -0.2) is 72.0 Å². The standard InChI is InChI=1S/C23H31ClN4O2/c1-4-13-30-16-20(29)15-27-9-11-28(12-10-27)23-21(17(2)25-18(3)26-23)14-19-7-5-6-8-22(19)24/h4-8,20,29H,1,9-16H2,2-3H3/t20-/m1/s1. The zero-order valence-corrected chi connectivity index (χ0v) is 18.6. The van der Waals surface area contributed by atoms with Gasteiger partial charge in [0.15, 0.2) is 0 Å². The van der Waals surface area contributed by atoms with Gasteiger partial charge in [-0.2, -0.15) is 0 Å². The average Bonchev–Trinajstić information content (AvgIpc) is 2.72. The van der Waals surface area contributed by atoms with Crippen molar-refractivity contribution in [3.05, 3.63) is 64.6 Å². The fourth-order valence-electron chi connectivity index (χ4n) is 3.80. The lowest BCUT2D eigenvalue weighted by molar-refractivity contribution is 0.0252. The molecule has 2 aromatic rings. The summed E-state index contributed by atoms with van der Waals surface area (Å²) in [5.41, 5.74) is 3.20. The maximum atomic E-state index is 10.2. The summed E-state index contributed by atoms with van der Waals surface area (Å²) < 4.78 is 5.35. The van der Waals surface area contributed by atoms with Crippen LogP contribution in [0, 0.1) is 13.8 Å². The molecule has 3 rings (SSSR count). The zero-order chi connectivity index (χ0) is 21.5. The van der Waals surface area contributed by atoms with Crippen molar-refractivity contribution in [3.8, 4) is 0 Å². The van der Waals surface area contributed by atoms with Crippen LogP contribution < -0.4 is 4.90 Å². The first kappa shape index (κ1) is 22.7. The molecule has 0 bridgehead atoms. The zero-order valence-electron chi connectivity index (χ0n) is 17.9. The van der Waals surface area contributed by atoms with Crippen LogP contribution in [0.5, 0.6) is 0 Å². The molecular weight excluding hydrogens is 400 g/mol. The third-order valence-electron chi connectivity index (χ3n) is 5.32. The molecule has 1 N–H and O–H groups in total. The van der Waals surface area contributed by atoms with Crippen LogP contribution in [0.4, 0.5) is 5.82 Å². The molecule has 0 spiro atoms. The summed E-state index contributed by atoms with van der Waals surface area (Å²) in [4.78, 5) is 14.0. The Morgan fingerprint density at radius 1 is 1.20 bits per heavy atom. The van der Waals surface area contributed by atoms with Crippen molar-refractivity contribution in [1.82, 2.24) is 14.9 Å². The minimum atomic E-state index is -0.490. The predicted molar refractivity (Wildman–Crippen MR) is 121 cm³/mol. The van der Waals surface area contributed by atoms with Crippen molar-refractivity contribution < 1.29 is 9.84 Å². The van der Waals surface area contributed by atoms with Crippen molar-refractivity contribution in [1.29, 1.82) is 0 Å². The molecule has 1 fully saturated rings. The molecule has 2 heterocycles. The Labute approximate surface area is 184 Å². The molecule has 6 nitrogen and oxygen atoms in total. The summed E-state index contributed by atoms with van der Waals surface area (Å²) in [6.45, 7) is 12.4. The summed E-state index contributed by atoms with van der Waals surface area (Å²) in [6, 6.07) is 7.93. The Kier molecular flexibility index (Phi) is 8.22. The number of aromatic nitrogens is 2. The molecule has 30 heavy (non-hydrogen) atoms. The molecule has 0 radical (unpaired) electrons. The first-order chi connectivity index (χ1) is 14.5. The second kappa shape index (κ2) is 10.9. The lowest BCUT2D eigenvalue weighted by Gasteiger charge is -2.37. The number of rotatable bonds is 9. The number of aryl methyl sites for hydroxylation is 2. The largest absolute Gasteiger partial charge is 0.389 e. The van der Waals surface area contributed by atoms with E-state index in [4.69, 9.17) is 21.3 Å². The number of piperazine rings is 1. The van der Waals surface area contributed by atoms with Gasteiger partial charge in [0.05, 0.1) is 19.3 Å². The molecule has 0 aliphatic carbocycles. The molecule has 1 aromatic heterocycles. The van der Waals surface area contributed by atoms with Crippen LogP contribution in [0.2, 0.25) is 5.02 Å². The number of aliphatic hydroxyl groups is 1. The predicted octanol–water partition coefficient (Wildman–Crippen LogP) is 3.02. The Balaban J connectivity index is 1.68. The first-order valence-corrected chi connectivity index (χ1v) is 10.8. The SMILES string of the molecule is C=CCOC[C@H](O)CN1CCN(c2nc(C)nc(C)c2Cc2ccccc2Cl)CC1. The maximum absolute atomic E-state index is 10.2. The van der Waals surface area contributed by atoms with E-state index >= 15 is 0 Å². The number of hydrogen-bond donors (Lipinski definition) is 1. The van der Waals surface area contributed by atoms with E-state index in [0.717, 1.165) is 59.7 Å². The van der Waals surface area contributed by atoms with Crippen molar-refractivity contribution in [2.45, 2.75) is 26.4 Å². The number of benzene rings is 1. The molecule has 0 amide bonds. The normalized spacial score (nSPS) is 15.9. The number of anilines is 1. The maximum Gasteiger partial charge on any atom is 0.136 e. The van der Waals surface area contributed by atoms with Gasteiger partial charge in [-0.3, -0.25) is 4.90 Å². The van der Waals surface area contributed by atoms with E-state index in [1.54, 1.807) is 6.08 Å². The number of halogens is 1. The molecule has 0 unspecified atom stereocenters. The van der Waals surface area contributed by atoms with Gasteiger partial charge in [0.25, 0.3) is 0 Å². The monoisotopic (exact) mass is 430 g/mol. The molecule has 0 saturated carbocycles. The first-order valence-electron chi connectivity index (χ1n) is 10.4.